The molecule has 1 fully saturated rings. The van der Waals surface area contributed by atoms with E-state index in [1.54, 1.807) is 7.11 Å². The van der Waals surface area contributed by atoms with Crippen LogP contribution in [0.15, 0.2) is 36.4 Å². The molecule has 8 heteroatoms. The molecule has 0 aliphatic carbocycles. The molecule has 0 saturated carbocycles. The van der Waals surface area contributed by atoms with Gasteiger partial charge in [-0.3, -0.25) is 0 Å². The van der Waals surface area contributed by atoms with Gasteiger partial charge in [0, 0.05) is 38.9 Å². The first-order chi connectivity index (χ1) is 14.7. The lowest BCUT2D eigenvalue weighted by Crippen LogP contribution is -2.20. The zero-order chi connectivity index (χ0) is 20.5. The van der Waals surface area contributed by atoms with E-state index in [9.17, 15) is 0 Å². The summed E-state index contributed by atoms with van der Waals surface area (Å²) in [6.45, 7) is 5.36. The van der Waals surface area contributed by atoms with Crippen LogP contribution in [0.2, 0.25) is 0 Å². The minimum Gasteiger partial charge on any atom is -0.383 e. The summed E-state index contributed by atoms with van der Waals surface area (Å²) in [4.78, 5) is 16.8. The number of aromatic nitrogens is 5. The van der Waals surface area contributed by atoms with Crippen LogP contribution in [0.25, 0.3) is 28.1 Å². The molecule has 1 aliphatic heterocycles. The van der Waals surface area contributed by atoms with E-state index < -0.39 is 0 Å². The van der Waals surface area contributed by atoms with Gasteiger partial charge in [0.1, 0.15) is 23.0 Å². The number of ether oxygens (including phenoxy) is 1. The normalized spacial score (nSPS) is 14.1. The summed E-state index contributed by atoms with van der Waals surface area (Å²) in [5.41, 5.74) is 4.95. The van der Waals surface area contributed by atoms with E-state index in [2.05, 4.69) is 16.3 Å². The number of aryl methyl sites for hydroxylation is 1. The van der Waals surface area contributed by atoms with Crippen molar-refractivity contribution in [3.05, 3.63) is 42.1 Å². The summed E-state index contributed by atoms with van der Waals surface area (Å²) in [7, 11) is 1.70. The van der Waals surface area contributed by atoms with Gasteiger partial charge in [-0.1, -0.05) is 12.1 Å². The molecule has 154 valence electrons. The average molecular weight is 403 g/mol. The molecule has 30 heavy (non-hydrogen) atoms. The summed E-state index contributed by atoms with van der Waals surface area (Å²) in [6, 6.07) is 12.0. The Morgan fingerprint density at radius 3 is 2.57 bits per heavy atom. The molecule has 3 aromatic heterocycles. The summed E-state index contributed by atoms with van der Waals surface area (Å²) in [5, 5.41) is 8.26. The number of hydrogen-bond acceptors (Lipinski definition) is 7. The van der Waals surface area contributed by atoms with E-state index in [4.69, 9.17) is 24.8 Å². The standard InChI is InChI=1S/C22H25N7O/c1-15-22(25-17-8-4-3-7-16(17)24-15)18-13-21-26-20(28-10-5-6-11-28)14-19(29(21)27-18)23-9-12-30-2/h3-4,7-8,13-14,23H,5-6,9-12H2,1-2H3. The van der Waals surface area contributed by atoms with Gasteiger partial charge in [0.15, 0.2) is 5.65 Å². The molecule has 1 N–H and O–H groups in total. The van der Waals surface area contributed by atoms with Crippen molar-refractivity contribution >= 4 is 28.3 Å². The van der Waals surface area contributed by atoms with Crippen LogP contribution in [0.3, 0.4) is 0 Å². The molecule has 1 aromatic carbocycles. The van der Waals surface area contributed by atoms with Crippen molar-refractivity contribution in [1.29, 1.82) is 0 Å². The lowest BCUT2D eigenvalue weighted by atomic mass is 10.2. The number of nitrogens with zero attached hydrogens (tertiary/aromatic N) is 6. The summed E-state index contributed by atoms with van der Waals surface area (Å²) >= 11 is 0. The number of rotatable bonds is 6. The third-order valence-corrected chi connectivity index (χ3v) is 5.44. The molecular weight excluding hydrogens is 378 g/mol. The Morgan fingerprint density at radius 1 is 1.03 bits per heavy atom. The van der Waals surface area contributed by atoms with Crippen molar-refractivity contribution in [3.63, 3.8) is 0 Å². The highest BCUT2D eigenvalue weighted by Crippen LogP contribution is 2.27. The van der Waals surface area contributed by atoms with Crippen molar-refractivity contribution in [1.82, 2.24) is 24.6 Å². The van der Waals surface area contributed by atoms with Gasteiger partial charge < -0.3 is 15.0 Å². The van der Waals surface area contributed by atoms with Gasteiger partial charge in [-0.2, -0.15) is 9.61 Å². The molecule has 0 amide bonds. The Bertz CT molecular complexity index is 1200. The number of para-hydroxylation sites is 2. The third-order valence-electron chi connectivity index (χ3n) is 5.44. The van der Waals surface area contributed by atoms with E-state index in [-0.39, 0.29) is 0 Å². The van der Waals surface area contributed by atoms with Crippen LogP contribution in [0.4, 0.5) is 11.6 Å². The Hall–Kier alpha value is -3.26. The molecule has 8 nitrogen and oxygen atoms in total. The van der Waals surface area contributed by atoms with Crippen LogP contribution in [-0.2, 0) is 4.74 Å². The highest BCUT2D eigenvalue weighted by Gasteiger charge is 2.19. The number of fused-ring (bicyclic) bond motifs is 2. The monoisotopic (exact) mass is 403 g/mol. The lowest BCUT2D eigenvalue weighted by Gasteiger charge is -2.18. The highest BCUT2D eigenvalue weighted by molar-refractivity contribution is 5.78. The summed E-state index contributed by atoms with van der Waals surface area (Å²) in [5.74, 6) is 1.88. The Balaban J connectivity index is 1.61. The maximum Gasteiger partial charge on any atom is 0.160 e. The predicted octanol–water partition coefficient (Wildman–Crippen LogP) is 3.31. The molecule has 5 rings (SSSR count). The molecule has 0 bridgehead atoms. The third kappa shape index (κ3) is 3.43. The maximum absolute atomic E-state index is 5.20. The number of hydrogen-bond donors (Lipinski definition) is 1. The molecule has 0 spiro atoms. The zero-order valence-electron chi connectivity index (χ0n) is 17.3. The maximum atomic E-state index is 5.20. The van der Waals surface area contributed by atoms with Crippen LogP contribution < -0.4 is 10.2 Å². The van der Waals surface area contributed by atoms with Gasteiger partial charge in [-0.05, 0) is 31.9 Å². The predicted molar refractivity (Wildman–Crippen MR) is 118 cm³/mol. The molecule has 4 aromatic rings. The molecular formula is C22H25N7O. The van der Waals surface area contributed by atoms with Crippen molar-refractivity contribution in [3.8, 4) is 11.4 Å². The van der Waals surface area contributed by atoms with Crippen LogP contribution in [-0.4, -0.2) is 57.9 Å². The second-order valence-corrected chi connectivity index (χ2v) is 7.56. The zero-order valence-corrected chi connectivity index (χ0v) is 17.3. The van der Waals surface area contributed by atoms with Gasteiger partial charge >= 0.3 is 0 Å². The molecule has 4 heterocycles. The van der Waals surface area contributed by atoms with Crippen LogP contribution in [0.5, 0.6) is 0 Å². The van der Waals surface area contributed by atoms with Crippen LogP contribution >= 0.6 is 0 Å². The first-order valence-electron chi connectivity index (χ1n) is 10.4. The fourth-order valence-electron chi connectivity index (χ4n) is 3.92. The van der Waals surface area contributed by atoms with Crippen molar-refractivity contribution in [2.75, 3.05) is 43.6 Å². The summed E-state index contributed by atoms with van der Waals surface area (Å²) in [6.07, 6.45) is 2.41. The van der Waals surface area contributed by atoms with Gasteiger partial charge in [0.2, 0.25) is 0 Å². The van der Waals surface area contributed by atoms with Crippen molar-refractivity contribution in [2.24, 2.45) is 0 Å². The smallest absolute Gasteiger partial charge is 0.160 e. The highest BCUT2D eigenvalue weighted by atomic mass is 16.5. The Kier molecular flexibility index (Phi) is 4.92. The quantitative estimate of drug-likeness (QED) is 0.495. The average Bonchev–Trinajstić information content (AvgIpc) is 3.43. The van der Waals surface area contributed by atoms with Gasteiger partial charge in [-0.15, -0.1) is 0 Å². The minimum absolute atomic E-state index is 0.617. The largest absolute Gasteiger partial charge is 0.383 e. The molecule has 1 saturated heterocycles. The van der Waals surface area contributed by atoms with Gasteiger partial charge in [-0.25, -0.2) is 15.0 Å². The van der Waals surface area contributed by atoms with Crippen molar-refractivity contribution in [2.45, 2.75) is 19.8 Å². The molecule has 1 aliphatic rings. The molecule has 0 unspecified atom stereocenters. The lowest BCUT2D eigenvalue weighted by molar-refractivity contribution is 0.210. The SMILES string of the molecule is COCCNc1cc(N2CCCC2)nc2cc(-c3nc4ccccc4nc3C)nn12. The second-order valence-electron chi connectivity index (χ2n) is 7.56. The van der Waals surface area contributed by atoms with E-state index in [0.717, 1.165) is 58.5 Å². The summed E-state index contributed by atoms with van der Waals surface area (Å²) < 4.78 is 7.05. The Morgan fingerprint density at radius 2 is 1.80 bits per heavy atom. The number of nitrogens with one attached hydrogen (secondary N) is 1. The topological polar surface area (TPSA) is 80.5 Å². The van der Waals surface area contributed by atoms with Crippen LogP contribution in [0.1, 0.15) is 18.5 Å². The molecule has 0 atom stereocenters. The number of methoxy groups -OCH3 is 1. The van der Waals surface area contributed by atoms with Gasteiger partial charge in [0.25, 0.3) is 0 Å². The Labute approximate surface area is 174 Å². The van der Waals surface area contributed by atoms with Gasteiger partial charge in [0.05, 0.1) is 23.3 Å². The number of anilines is 2. The van der Waals surface area contributed by atoms with Crippen LogP contribution in [0, 0.1) is 6.92 Å². The van der Waals surface area contributed by atoms with E-state index in [0.29, 0.717) is 13.2 Å². The minimum atomic E-state index is 0.617. The van der Waals surface area contributed by atoms with Crippen molar-refractivity contribution < 1.29 is 4.74 Å². The first kappa shape index (κ1) is 18.7. The fourth-order valence-corrected chi connectivity index (χ4v) is 3.92. The molecule has 0 radical (unpaired) electrons. The van der Waals surface area contributed by atoms with E-state index >= 15 is 0 Å². The fraction of sp³-hybridized carbons (Fsp3) is 0.364. The first-order valence-corrected chi connectivity index (χ1v) is 10.4. The number of benzene rings is 1. The van der Waals surface area contributed by atoms with E-state index in [1.807, 2.05) is 41.8 Å². The van der Waals surface area contributed by atoms with E-state index in [1.165, 1.54) is 12.8 Å². The second kappa shape index (κ2) is 7.87.